The molecule has 0 radical (unpaired) electrons. The summed E-state index contributed by atoms with van der Waals surface area (Å²) in [6, 6.07) is 24.3. The van der Waals surface area contributed by atoms with E-state index in [2.05, 4.69) is 78.9 Å². The van der Waals surface area contributed by atoms with E-state index in [1.54, 1.807) is 5.57 Å². The number of allylic oxidation sites excluding steroid dienone is 4. The molecule has 0 N–H and O–H groups in total. The van der Waals surface area contributed by atoms with Gasteiger partial charge in [-0.15, -0.1) is 0 Å². The Morgan fingerprint density at radius 1 is 0.750 bits per heavy atom. The number of aryl methyl sites for hydroxylation is 1. The highest BCUT2D eigenvalue weighted by Gasteiger charge is 2.24. The summed E-state index contributed by atoms with van der Waals surface area (Å²) in [5.74, 6) is 0.534. The fourth-order valence-corrected chi connectivity index (χ4v) is 4.35. The van der Waals surface area contributed by atoms with Gasteiger partial charge in [0.15, 0.2) is 0 Å². The molecule has 2 aliphatic carbocycles. The second-order valence-electron chi connectivity index (χ2n) is 6.91. The summed E-state index contributed by atoms with van der Waals surface area (Å²) in [6.07, 6.45) is 8.32. The lowest BCUT2D eigenvalue weighted by molar-refractivity contribution is 0.756. The van der Waals surface area contributed by atoms with E-state index in [0.717, 1.165) is 0 Å². The van der Waals surface area contributed by atoms with E-state index in [0.29, 0.717) is 5.92 Å². The van der Waals surface area contributed by atoms with Crippen molar-refractivity contribution in [2.24, 2.45) is 0 Å². The van der Waals surface area contributed by atoms with Gasteiger partial charge in [-0.05, 0) is 52.3 Å². The monoisotopic (exact) mass is 308 g/mol. The van der Waals surface area contributed by atoms with Gasteiger partial charge in [-0.25, -0.2) is 0 Å². The summed E-state index contributed by atoms with van der Waals surface area (Å²) in [4.78, 5) is 0. The van der Waals surface area contributed by atoms with E-state index in [4.69, 9.17) is 0 Å². The van der Waals surface area contributed by atoms with Crippen molar-refractivity contribution in [3.05, 3.63) is 101 Å². The summed E-state index contributed by atoms with van der Waals surface area (Å²) in [5.41, 5.74) is 7.54. The van der Waals surface area contributed by atoms with Crippen molar-refractivity contribution >= 4 is 16.3 Å². The highest BCUT2D eigenvalue weighted by Crippen LogP contribution is 2.43. The number of fused-ring (bicyclic) bond motifs is 4. The molecule has 2 aliphatic rings. The predicted octanol–water partition coefficient (Wildman–Crippen LogP) is 6.28. The molecule has 116 valence electrons. The van der Waals surface area contributed by atoms with E-state index >= 15 is 0 Å². The molecule has 1 atom stereocenters. The summed E-state index contributed by atoms with van der Waals surface area (Å²) >= 11 is 0. The molecule has 0 spiro atoms. The quantitative estimate of drug-likeness (QED) is 0.496. The van der Waals surface area contributed by atoms with Crippen LogP contribution in [0.15, 0.2) is 84.5 Å². The maximum atomic E-state index is 2.40. The highest BCUT2D eigenvalue weighted by atomic mass is 14.3. The maximum absolute atomic E-state index is 2.40. The van der Waals surface area contributed by atoms with Gasteiger partial charge < -0.3 is 0 Å². The van der Waals surface area contributed by atoms with Crippen LogP contribution in [0.2, 0.25) is 0 Å². The molecule has 0 fully saturated rings. The first kappa shape index (κ1) is 13.8. The molecule has 0 aliphatic heterocycles. The summed E-state index contributed by atoms with van der Waals surface area (Å²) in [6.45, 7) is 0. The Balaban J connectivity index is 1.58. The first-order chi connectivity index (χ1) is 11.9. The largest absolute Gasteiger partial charge is 0.0761 e. The number of rotatable bonds is 1. The van der Waals surface area contributed by atoms with Crippen LogP contribution in [0, 0.1) is 0 Å². The third-order valence-electron chi connectivity index (χ3n) is 5.58. The van der Waals surface area contributed by atoms with Crippen LogP contribution in [0.3, 0.4) is 0 Å². The van der Waals surface area contributed by atoms with Crippen LogP contribution in [0.25, 0.3) is 16.3 Å². The zero-order valence-electron chi connectivity index (χ0n) is 13.7. The Bertz CT molecular complexity index is 973. The Hall–Kier alpha value is -2.60. The van der Waals surface area contributed by atoms with Crippen LogP contribution in [0.4, 0.5) is 0 Å². The van der Waals surface area contributed by atoms with Crippen LogP contribution in [0.1, 0.15) is 35.4 Å². The number of hydrogen-bond donors (Lipinski definition) is 0. The lowest BCUT2D eigenvalue weighted by atomic mass is 9.76. The molecule has 5 rings (SSSR count). The molecule has 0 heterocycles. The zero-order chi connectivity index (χ0) is 15.9. The third kappa shape index (κ3) is 2.14. The van der Waals surface area contributed by atoms with E-state index in [1.165, 1.54) is 52.3 Å². The Labute approximate surface area is 143 Å². The lowest BCUT2D eigenvalue weighted by Crippen LogP contribution is -2.11. The highest BCUT2D eigenvalue weighted by molar-refractivity contribution is 5.93. The molecular weight excluding hydrogens is 288 g/mol. The van der Waals surface area contributed by atoms with Crippen molar-refractivity contribution in [1.82, 2.24) is 0 Å². The summed E-state index contributed by atoms with van der Waals surface area (Å²) in [7, 11) is 0. The van der Waals surface area contributed by atoms with Gasteiger partial charge in [0, 0.05) is 5.92 Å². The normalized spacial score (nSPS) is 19.2. The molecule has 0 saturated heterocycles. The molecule has 0 heteroatoms. The van der Waals surface area contributed by atoms with Crippen LogP contribution in [0.5, 0.6) is 0 Å². The van der Waals surface area contributed by atoms with Crippen LogP contribution >= 0.6 is 0 Å². The van der Waals surface area contributed by atoms with E-state index in [-0.39, 0.29) is 0 Å². The summed E-state index contributed by atoms with van der Waals surface area (Å²) < 4.78 is 0. The van der Waals surface area contributed by atoms with Gasteiger partial charge in [0.05, 0.1) is 0 Å². The number of hydrogen-bond acceptors (Lipinski definition) is 0. The van der Waals surface area contributed by atoms with Gasteiger partial charge in [0.25, 0.3) is 0 Å². The van der Waals surface area contributed by atoms with Crippen molar-refractivity contribution in [2.75, 3.05) is 0 Å². The predicted molar refractivity (Wildman–Crippen MR) is 102 cm³/mol. The minimum atomic E-state index is 0.534. The fourth-order valence-electron chi connectivity index (χ4n) is 4.35. The van der Waals surface area contributed by atoms with Gasteiger partial charge in [-0.3, -0.25) is 0 Å². The first-order valence-electron chi connectivity index (χ1n) is 8.86. The second kappa shape index (κ2) is 5.49. The van der Waals surface area contributed by atoms with Gasteiger partial charge >= 0.3 is 0 Å². The minimum absolute atomic E-state index is 0.534. The van der Waals surface area contributed by atoms with Crippen LogP contribution in [-0.2, 0) is 6.42 Å². The van der Waals surface area contributed by atoms with Crippen molar-refractivity contribution in [3.63, 3.8) is 0 Å². The number of benzene rings is 3. The van der Waals surface area contributed by atoms with Gasteiger partial charge in [-0.1, -0.05) is 84.5 Å². The molecule has 3 aromatic rings. The first-order valence-corrected chi connectivity index (χ1v) is 8.86. The molecular formula is C24H20. The second-order valence-corrected chi connectivity index (χ2v) is 6.91. The van der Waals surface area contributed by atoms with Gasteiger partial charge in [0.2, 0.25) is 0 Å². The van der Waals surface area contributed by atoms with E-state index < -0.39 is 0 Å². The molecule has 1 unspecified atom stereocenters. The van der Waals surface area contributed by atoms with Crippen LogP contribution < -0.4 is 0 Å². The Kier molecular flexibility index (Phi) is 3.16. The molecule has 0 aromatic heterocycles. The Morgan fingerprint density at radius 3 is 2.50 bits per heavy atom. The van der Waals surface area contributed by atoms with Crippen molar-refractivity contribution in [3.8, 4) is 0 Å². The maximum Gasteiger partial charge on any atom is 0.00588 e. The zero-order valence-corrected chi connectivity index (χ0v) is 13.7. The van der Waals surface area contributed by atoms with E-state index in [9.17, 15) is 0 Å². The minimum Gasteiger partial charge on any atom is -0.0761 e. The fraction of sp³-hybridized carbons (Fsp3) is 0.167. The smallest absolute Gasteiger partial charge is 0.00588 e. The topological polar surface area (TPSA) is 0 Å². The molecule has 0 bridgehead atoms. The lowest BCUT2D eigenvalue weighted by Gasteiger charge is -2.29. The molecule has 3 aromatic carbocycles. The summed E-state index contributed by atoms with van der Waals surface area (Å²) in [5, 5.41) is 2.79. The standard InChI is InChI=1S/C24H20/c1-2-6-17(7-3-1)19-11-13-22-20(16-19)12-15-23-21-9-5-4-8-18(21)10-14-24(22)23/h1-11,13-14,19H,12,15-16H2. The van der Waals surface area contributed by atoms with Crippen molar-refractivity contribution in [1.29, 1.82) is 0 Å². The van der Waals surface area contributed by atoms with Gasteiger partial charge in [0.1, 0.15) is 0 Å². The average molecular weight is 308 g/mol. The van der Waals surface area contributed by atoms with Gasteiger partial charge in [-0.2, -0.15) is 0 Å². The average Bonchev–Trinajstić information content (AvgIpc) is 2.67. The molecule has 24 heavy (non-hydrogen) atoms. The third-order valence-corrected chi connectivity index (χ3v) is 5.58. The molecule has 0 saturated carbocycles. The molecule has 0 amide bonds. The Morgan fingerprint density at radius 2 is 1.58 bits per heavy atom. The van der Waals surface area contributed by atoms with Crippen molar-refractivity contribution in [2.45, 2.75) is 25.2 Å². The van der Waals surface area contributed by atoms with Crippen molar-refractivity contribution < 1.29 is 0 Å². The van der Waals surface area contributed by atoms with Crippen LogP contribution in [-0.4, -0.2) is 0 Å². The molecule has 0 nitrogen and oxygen atoms in total. The van der Waals surface area contributed by atoms with E-state index in [1.807, 2.05) is 0 Å². The SMILES string of the molecule is C1=CC(c2ccccc2)CC2=C1c1ccc3ccccc3c1CC2.